The molecule has 1 atom stereocenters. The van der Waals surface area contributed by atoms with Crippen LogP contribution in [0.3, 0.4) is 0 Å². The Morgan fingerprint density at radius 2 is 2.17 bits per heavy atom. The molecular weight excluding hydrogens is 415 g/mol. The summed E-state index contributed by atoms with van der Waals surface area (Å²) in [4.78, 5) is 14.8. The quantitative estimate of drug-likeness (QED) is 0.729. The molecule has 0 radical (unpaired) electrons. The summed E-state index contributed by atoms with van der Waals surface area (Å²) in [5.41, 5.74) is 1.12. The summed E-state index contributed by atoms with van der Waals surface area (Å²) in [6.45, 7) is 2.47. The first kappa shape index (κ1) is 19.9. The number of hydrogen-bond acceptors (Lipinski definition) is 6. The summed E-state index contributed by atoms with van der Waals surface area (Å²) < 4.78 is 17.1. The van der Waals surface area contributed by atoms with Crippen LogP contribution in [-0.2, 0) is 6.54 Å². The van der Waals surface area contributed by atoms with Gasteiger partial charge in [-0.25, -0.2) is 9.07 Å². The number of thiophene rings is 1. The number of amides is 1. The van der Waals surface area contributed by atoms with Gasteiger partial charge in [0.05, 0.1) is 27.7 Å². The van der Waals surface area contributed by atoms with E-state index in [4.69, 9.17) is 17.0 Å². The van der Waals surface area contributed by atoms with E-state index in [1.807, 2.05) is 0 Å². The molecule has 0 spiro atoms. The number of aromatic nitrogens is 3. The molecule has 1 amide bonds. The van der Waals surface area contributed by atoms with Crippen molar-refractivity contribution < 1.29 is 9.18 Å². The molecule has 1 aliphatic carbocycles. The van der Waals surface area contributed by atoms with Crippen molar-refractivity contribution in [1.29, 1.82) is 5.41 Å². The zero-order valence-electron chi connectivity index (χ0n) is 15.6. The molecule has 0 aromatic carbocycles. The zero-order valence-corrected chi connectivity index (χ0v) is 17.1. The largest absolute Gasteiger partial charge is 0.346 e. The van der Waals surface area contributed by atoms with E-state index < -0.39 is 6.04 Å². The maximum absolute atomic E-state index is 15.1. The Bertz CT molecular complexity index is 990. The minimum Gasteiger partial charge on any atom is -0.346 e. The molecular formula is C19H20ClFN6OS. The summed E-state index contributed by atoms with van der Waals surface area (Å²) in [5, 5.41) is 18.9. The molecule has 29 heavy (non-hydrogen) atoms. The third-order valence-electron chi connectivity index (χ3n) is 4.97. The van der Waals surface area contributed by atoms with Crippen LogP contribution in [0.5, 0.6) is 0 Å². The molecule has 2 aromatic heterocycles. The molecule has 3 heterocycles. The molecule has 1 saturated heterocycles. The number of nitrogens with one attached hydrogen (secondary N) is 2. The van der Waals surface area contributed by atoms with E-state index in [-0.39, 0.29) is 24.0 Å². The van der Waals surface area contributed by atoms with Gasteiger partial charge in [-0.3, -0.25) is 9.69 Å². The Balaban J connectivity index is 1.43. The van der Waals surface area contributed by atoms with Gasteiger partial charge in [0.2, 0.25) is 0 Å². The minimum atomic E-state index is -0.727. The Labute approximate surface area is 176 Å². The number of nitrogens with zero attached hydrogens (tertiary/aromatic N) is 4. The fraction of sp³-hybridized carbons (Fsp3) is 0.368. The number of halogens is 2. The van der Waals surface area contributed by atoms with E-state index in [1.54, 1.807) is 30.5 Å². The second kappa shape index (κ2) is 8.56. The maximum atomic E-state index is 15.1. The number of rotatable bonds is 6. The van der Waals surface area contributed by atoms with Gasteiger partial charge in [0.15, 0.2) is 0 Å². The van der Waals surface area contributed by atoms with Crippen molar-refractivity contribution in [3.8, 4) is 0 Å². The van der Waals surface area contributed by atoms with Crippen LogP contribution in [0.15, 0.2) is 41.9 Å². The second-order valence-electron chi connectivity index (χ2n) is 7.00. The van der Waals surface area contributed by atoms with E-state index in [9.17, 15) is 4.79 Å². The van der Waals surface area contributed by atoms with Gasteiger partial charge in [-0.2, -0.15) is 0 Å². The molecule has 7 nitrogen and oxygen atoms in total. The van der Waals surface area contributed by atoms with Gasteiger partial charge in [-0.15, -0.1) is 16.4 Å². The van der Waals surface area contributed by atoms with Gasteiger partial charge >= 0.3 is 0 Å². The molecule has 1 aliphatic heterocycles. The first-order chi connectivity index (χ1) is 14.0. The first-order valence-electron chi connectivity index (χ1n) is 9.33. The van der Waals surface area contributed by atoms with Crippen LogP contribution in [0.1, 0.15) is 34.2 Å². The molecule has 10 heteroatoms. The number of carbonyl (C=O) groups is 1. The molecule has 0 bridgehead atoms. The predicted octanol–water partition coefficient (Wildman–Crippen LogP) is 3.37. The van der Waals surface area contributed by atoms with Crippen molar-refractivity contribution in [3.63, 3.8) is 0 Å². The van der Waals surface area contributed by atoms with E-state index in [1.165, 1.54) is 16.0 Å². The van der Waals surface area contributed by atoms with Crippen molar-refractivity contribution in [2.45, 2.75) is 25.4 Å². The van der Waals surface area contributed by atoms with Crippen LogP contribution in [-0.4, -0.2) is 51.1 Å². The van der Waals surface area contributed by atoms with Gasteiger partial charge in [0, 0.05) is 12.1 Å². The van der Waals surface area contributed by atoms with Gasteiger partial charge in [0.1, 0.15) is 17.6 Å². The van der Waals surface area contributed by atoms with Crippen LogP contribution in [0, 0.1) is 5.41 Å². The monoisotopic (exact) mass is 434 g/mol. The molecule has 4 rings (SSSR count). The lowest BCUT2D eigenvalue weighted by Gasteiger charge is -2.23. The van der Waals surface area contributed by atoms with E-state index in [0.717, 1.165) is 25.9 Å². The lowest BCUT2D eigenvalue weighted by atomic mass is 9.98. The van der Waals surface area contributed by atoms with E-state index in [0.29, 0.717) is 27.0 Å². The van der Waals surface area contributed by atoms with Gasteiger partial charge in [0.25, 0.3) is 5.91 Å². The number of hydrogen-bond donors (Lipinski definition) is 2. The normalized spacial score (nSPS) is 19.9. The molecule has 1 unspecified atom stereocenters. The van der Waals surface area contributed by atoms with Gasteiger partial charge < -0.3 is 10.7 Å². The highest BCUT2D eigenvalue weighted by atomic mass is 35.5. The predicted molar refractivity (Wildman–Crippen MR) is 110 cm³/mol. The second-order valence-corrected chi connectivity index (χ2v) is 8.72. The lowest BCUT2D eigenvalue weighted by Crippen LogP contribution is -2.28. The van der Waals surface area contributed by atoms with E-state index >= 15 is 4.39 Å². The minimum absolute atomic E-state index is 0.173. The van der Waals surface area contributed by atoms with Crippen LogP contribution >= 0.6 is 22.9 Å². The maximum Gasteiger partial charge on any atom is 0.261 e. The van der Waals surface area contributed by atoms with E-state index in [2.05, 4.69) is 20.5 Å². The summed E-state index contributed by atoms with van der Waals surface area (Å²) in [6, 6.07) is 2.59. The number of allylic oxidation sites excluding steroid dienone is 3. The number of likely N-dealkylation sites (tertiary alicyclic amines) is 1. The fourth-order valence-electron chi connectivity index (χ4n) is 3.43. The smallest absolute Gasteiger partial charge is 0.261 e. The summed E-state index contributed by atoms with van der Waals surface area (Å²) in [5.74, 6) is -0.625. The lowest BCUT2D eigenvalue weighted by molar-refractivity contribution is 0.0954. The standard InChI is InChI=1S/C19H20ClFN6OS/c20-17-6-5-16(29-17)19(28)23-9-12-10-27(25-24-12)15-4-3-14(22)13(18(15)21)11-26-7-1-2-8-26/h3-6,10,15,22H,1-2,7-9,11H2,(H,23,28). The third kappa shape index (κ3) is 4.47. The fourth-order valence-corrected chi connectivity index (χ4v) is 4.39. The highest BCUT2D eigenvalue weighted by Crippen LogP contribution is 2.29. The van der Waals surface area contributed by atoms with Crippen molar-refractivity contribution in [1.82, 2.24) is 25.2 Å². The topological polar surface area (TPSA) is 86.9 Å². The summed E-state index contributed by atoms with van der Waals surface area (Å²) in [7, 11) is 0. The van der Waals surface area contributed by atoms with Crippen LogP contribution in [0.4, 0.5) is 4.39 Å². The summed E-state index contributed by atoms with van der Waals surface area (Å²) >= 11 is 7.04. The Hall–Kier alpha value is -2.36. The van der Waals surface area contributed by atoms with Crippen molar-refractivity contribution in [2.75, 3.05) is 19.6 Å². The molecule has 2 N–H and O–H groups in total. The zero-order chi connectivity index (χ0) is 20.4. The molecule has 152 valence electrons. The molecule has 2 aliphatic rings. The third-order valence-corrected chi connectivity index (χ3v) is 6.20. The Morgan fingerprint density at radius 3 is 2.90 bits per heavy atom. The average molecular weight is 435 g/mol. The van der Waals surface area contributed by atoms with Crippen molar-refractivity contribution in [2.24, 2.45) is 0 Å². The SMILES string of the molecule is N=C1C=CC(n2cc(CNC(=O)c3ccc(Cl)s3)nn2)C(F)=C1CN1CCCC1. The van der Waals surface area contributed by atoms with Crippen molar-refractivity contribution >= 4 is 34.6 Å². The van der Waals surface area contributed by atoms with Gasteiger partial charge in [-0.05, 0) is 44.1 Å². The average Bonchev–Trinajstić information content (AvgIpc) is 3.45. The van der Waals surface area contributed by atoms with Crippen LogP contribution in [0.25, 0.3) is 0 Å². The van der Waals surface area contributed by atoms with Crippen LogP contribution in [0.2, 0.25) is 4.34 Å². The number of carbonyl (C=O) groups excluding carboxylic acids is 1. The highest BCUT2D eigenvalue weighted by molar-refractivity contribution is 7.17. The molecule has 0 saturated carbocycles. The van der Waals surface area contributed by atoms with Crippen molar-refractivity contribution in [3.05, 3.63) is 56.8 Å². The Kier molecular flexibility index (Phi) is 5.89. The molecule has 2 aromatic rings. The highest BCUT2D eigenvalue weighted by Gasteiger charge is 2.27. The van der Waals surface area contributed by atoms with Crippen LogP contribution < -0.4 is 5.32 Å². The van der Waals surface area contributed by atoms with Gasteiger partial charge in [-0.1, -0.05) is 22.9 Å². The summed E-state index contributed by atoms with van der Waals surface area (Å²) in [6.07, 6.45) is 7.05. The Morgan fingerprint density at radius 1 is 1.38 bits per heavy atom. The first-order valence-corrected chi connectivity index (χ1v) is 10.5. The molecule has 1 fully saturated rings.